The summed E-state index contributed by atoms with van der Waals surface area (Å²) in [6, 6.07) is 6.23. The molecular formula is C55H78ClN9O15. The molecular weight excluding hydrogens is 1060 g/mol. The van der Waals surface area contributed by atoms with Crippen molar-refractivity contribution in [2.75, 3.05) is 58.7 Å². The first kappa shape index (κ1) is 63.8. The summed E-state index contributed by atoms with van der Waals surface area (Å²) in [6.45, 7) is 10.3. The number of esters is 1. The van der Waals surface area contributed by atoms with Crippen molar-refractivity contribution in [3.63, 3.8) is 0 Å². The molecule has 2 aromatic rings. The van der Waals surface area contributed by atoms with Crippen molar-refractivity contribution in [1.29, 1.82) is 0 Å². The van der Waals surface area contributed by atoms with Crippen molar-refractivity contribution in [2.45, 2.75) is 141 Å². The highest BCUT2D eigenvalue weighted by Gasteiger charge is 2.64. The highest BCUT2D eigenvalue weighted by molar-refractivity contribution is 6.35. The number of likely N-dealkylation sites (N-methyl/N-ethyl adjacent to an activating group) is 1. The predicted octanol–water partition coefficient (Wildman–Crippen LogP) is 4.03. The van der Waals surface area contributed by atoms with Gasteiger partial charge in [-0.05, 0) is 81.3 Å². The van der Waals surface area contributed by atoms with Crippen LogP contribution in [0.1, 0.15) is 84.8 Å². The Bertz CT molecular complexity index is 2660. The number of nitrogens with zero attached hydrogens (tertiary/aromatic N) is 3. The fourth-order valence-corrected chi connectivity index (χ4v) is 9.59. The Morgan fingerprint density at radius 3 is 2.38 bits per heavy atom. The van der Waals surface area contributed by atoms with Gasteiger partial charge in [0.2, 0.25) is 23.6 Å². The number of hydrogen-bond donors (Lipinski definition) is 7. The lowest BCUT2D eigenvalue weighted by Crippen LogP contribution is -2.63. The van der Waals surface area contributed by atoms with Gasteiger partial charge in [-0.1, -0.05) is 68.3 Å². The Balaban J connectivity index is 1.23. The number of fused-ring (bicyclic) bond motifs is 5. The largest absolute Gasteiger partial charge is 0.495 e. The zero-order valence-corrected chi connectivity index (χ0v) is 48.0. The lowest BCUT2D eigenvalue weighted by molar-refractivity contribution is -0.162. The van der Waals surface area contributed by atoms with Crippen LogP contribution in [0.15, 0.2) is 60.2 Å². The molecule has 5 rings (SSSR count). The number of carbonyl (C=O) groups excluding carboxylic acids is 8. The van der Waals surface area contributed by atoms with E-state index >= 15 is 0 Å². The Hall–Kier alpha value is -6.99. The molecule has 3 heterocycles. The number of halogens is 1. The zero-order valence-electron chi connectivity index (χ0n) is 47.3. The minimum Gasteiger partial charge on any atom is -0.495 e. The molecule has 0 radical (unpaired) electrons. The highest BCUT2D eigenvalue weighted by Crippen LogP contribution is 2.49. The molecule has 25 heteroatoms. The van der Waals surface area contributed by atoms with Crippen LogP contribution in [0, 0.1) is 11.8 Å². The van der Waals surface area contributed by atoms with Crippen LogP contribution in [0.4, 0.5) is 25.8 Å². The smallest absolute Gasteiger partial charge is 0.409 e. The zero-order chi connectivity index (χ0) is 59.4. The van der Waals surface area contributed by atoms with Crippen LogP contribution in [0.3, 0.4) is 0 Å². The lowest BCUT2D eigenvalue weighted by atomic mass is 9.83. The number of amides is 8. The molecule has 0 spiro atoms. The van der Waals surface area contributed by atoms with Gasteiger partial charge in [-0.15, -0.1) is 0 Å². The number of primary amides is 1. The monoisotopic (exact) mass is 1140 g/mol. The van der Waals surface area contributed by atoms with Crippen molar-refractivity contribution < 1.29 is 71.9 Å². The number of urea groups is 1. The first-order chi connectivity index (χ1) is 37.6. The van der Waals surface area contributed by atoms with E-state index in [1.54, 1.807) is 76.2 Å². The summed E-state index contributed by atoms with van der Waals surface area (Å²) >= 11 is 6.82. The van der Waals surface area contributed by atoms with Crippen LogP contribution in [0.5, 0.6) is 5.75 Å². The van der Waals surface area contributed by atoms with E-state index in [-0.39, 0.29) is 49.9 Å². The van der Waals surface area contributed by atoms with E-state index in [0.717, 1.165) is 16.0 Å². The summed E-state index contributed by atoms with van der Waals surface area (Å²) in [6.07, 6.45) is -0.239. The van der Waals surface area contributed by atoms with Gasteiger partial charge in [-0.3, -0.25) is 24.5 Å². The molecule has 0 saturated carbocycles. The molecule has 2 fully saturated rings. The number of nitrogens with one attached hydrogen (secondary N) is 4. The van der Waals surface area contributed by atoms with Crippen LogP contribution in [-0.2, 0) is 60.7 Å². The van der Waals surface area contributed by atoms with Gasteiger partial charge in [0, 0.05) is 65.8 Å². The molecule has 24 nitrogen and oxygen atoms in total. The molecule has 0 aromatic heterocycles. The number of benzene rings is 2. The van der Waals surface area contributed by atoms with E-state index in [0.29, 0.717) is 35.5 Å². The van der Waals surface area contributed by atoms with Crippen LogP contribution in [-0.4, -0.2) is 165 Å². The number of nitrogens with two attached hydrogens (primary N) is 2. The minimum absolute atomic E-state index is 0.0930. The Labute approximate surface area is 471 Å². The molecule has 80 heavy (non-hydrogen) atoms. The number of hydrogen-bond acceptors (Lipinski definition) is 16. The van der Waals surface area contributed by atoms with E-state index < -0.39 is 114 Å². The average molecular weight is 1140 g/mol. The number of epoxide rings is 1. The average Bonchev–Trinajstić information content (AvgIpc) is 4.25. The molecule has 2 saturated heterocycles. The van der Waals surface area contributed by atoms with E-state index in [9.17, 15) is 43.5 Å². The molecule has 0 aliphatic carbocycles. The molecule has 8 amide bonds. The summed E-state index contributed by atoms with van der Waals surface area (Å²) in [5.41, 5.74) is 10.8. The Morgan fingerprint density at radius 1 is 1.05 bits per heavy atom. The van der Waals surface area contributed by atoms with Crippen molar-refractivity contribution >= 4 is 70.8 Å². The maximum Gasteiger partial charge on any atom is 0.409 e. The number of alkyl carbamates (subject to hydrolysis) is 1. The van der Waals surface area contributed by atoms with Gasteiger partial charge in [0.05, 0.1) is 31.4 Å². The standard InChI is InChI=1S/C55H78ClN9O15/c1-30(2)46(57)49(69)61-37(15-13-22-59-51(58)71)48(68)60-36-19-17-34(18-20-36)29-77-53(73)63(7)23-21-43(66)64(8)33(5)50(70)79-42-27-44(67)65(9)38-25-35(26-39(75-10)45(38)56)24-31(3)14-12-16-41(76-11)55(74)28-40(78-52(72)62-55)32(4)47-54(42,6)80-47/h12,14,16-20,25-26,30,32-33,37,40-42,46-47,74H,13,15,21-24,27-29,57H2,1-11H3,(H,60,68)(H,61,69)(H,62,72)(H3,58,59,71)/b16-12+,31-14+/t32-,33+,37+,40+,41-,42+,46+,47+,54+,55+/m1/s1. The van der Waals surface area contributed by atoms with Gasteiger partial charge in [0.1, 0.15) is 53.4 Å². The molecule has 3 aliphatic heterocycles. The van der Waals surface area contributed by atoms with E-state index in [1.807, 2.05) is 13.0 Å². The lowest BCUT2D eigenvalue weighted by Gasteiger charge is -2.42. The minimum atomic E-state index is -1.90. The van der Waals surface area contributed by atoms with Gasteiger partial charge in [0.25, 0.3) is 0 Å². The van der Waals surface area contributed by atoms with Gasteiger partial charge in [-0.2, -0.15) is 0 Å². The number of carbonyl (C=O) groups is 8. The van der Waals surface area contributed by atoms with Crippen molar-refractivity contribution in [3.05, 3.63) is 76.3 Å². The van der Waals surface area contributed by atoms with Gasteiger partial charge in [-0.25, -0.2) is 19.2 Å². The normalized spacial score (nSPS) is 25.1. The van der Waals surface area contributed by atoms with Crippen molar-refractivity contribution in [1.82, 2.24) is 25.8 Å². The SMILES string of the molecule is COc1cc2cc(c1Cl)N(C)C(=O)C[C@H](OC(=O)[C@H](C)N(C)C(=O)CCN(C)C(=O)OCc1ccc(NC(=O)[C@H](CCCNC(N)=O)NC(=O)[C@@H](N)C(C)C)cc1)[C@]1(C)O[C@H]1[C@H](C)[C@@H]1C[C@@](O)(NC(=O)O1)[C@H](OC)/C=C/C=C(\C)C2. The summed E-state index contributed by atoms with van der Waals surface area (Å²) in [4.78, 5) is 109. The summed E-state index contributed by atoms with van der Waals surface area (Å²) < 4.78 is 34.9. The molecule has 10 atom stereocenters. The third-order valence-corrected chi connectivity index (χ3v) is 15.1. The van der Waals surface area contributed by atoms with Crippen LogP contribution < -0.4 is 42.4 Å². The maximum absolute atomic E-state index is 14.4. The fourth-order valence-electron chi connectivity index (χ4n) is 9.28. The fraction of sp³-hybridized carbons (Fsp3) is 0.564. The number of ether oxygens (including phenoxy) is 6. The number of aliphatic hydroxyl groups is 1. The highest BCUT2D eigenvalue weighted by atomic mass is 35.5. The third kappa shape index (κ3) is 16.6. The van der Waals surface area contributed by atoms with Crippen molar-refractivity contribution in [3.8, 4) is 5.75 Å². The Morgan fingerprint density at radius 2 is 1.74 bits per heavy atom. The quantitative estimate of drug-likeness (QED) is 0.0452. The molecule has 0 unspecified atom stereocenters. The predicted molar refractivity (Wildman–Crippen MR) is 295 cm³/mol. The molecule has 440 valence electrons. The molecule has 2 aromatic carbocycles. The van der Waals surface area contributed by atoms with Crippen molar-refractivity contribution in [2.24, 2.45) is 23.3 Å². The number of allylic oxidation sites excluding steroid dienone is 3. The number of rotatable bonds is 19. The van der Waals surface area contributed by atoms with Crippen LogP contribution >= 0.6 is 11.6 Å². The van der Waals surface area contributed by atoms with Crippen LogP contribution in [0.25, 0.3) is 0 Å². The van der Waals surface area contributed by atoms with E-state index in [1.165, 1.54) is 52.1 Å². The second-order valence-electron chi connectivity index (χ2n) is 21.1. The first-order valence-electron chi connectivity index (χ1n) is 26.3. The third-order valence-electron chi connectivity index (χ3n) is 14.7. The van der Waals surface area contributed by atoms with E-state index in [4.69, 9.17) is 51.5 Å². The van der Waals surface area contributed by atoms with Gasteiger partial charge >= 0.3 is 24.2 Å². The molecule has 9 N–H and O–H groups in total. The van der Waals surface area contributed by atoms with E-state index in [2.05, 4.69) is 21.3 Å². The summed E-state index contributed by atoms with van der Waals surface area (Å²) in [5, 5.41) is 22.4. The van der Waals surface area contributed by atoms with Gasteiger partial charge < -0.3 is 75.6 Å². The second kappa shape index (κ2) is 27.9. The first-order valence-corrected chi connectivity index (χ1v) is 26.7. The maximum atomic E-state index is 14.4. The van der Waals surface area contributed by atoms with Gasteiger partial charge in [0.15, 0.2) is 5.72 Å². The molecule has 4 bridgehead atoms. The summed E-state index contributed by atoms with van der Waals surface area (Å²) in [5.74, 6) is -3.39. The molecule has 3 aliphatic rings. The number of methoxy groups -OCH3 is 2. The Kier molecular flexibility index (Phi) is 22.3. The second-order valence-corrected chi connectivity index (χ2v) is 21.5. The van der Waals surface area contributed by atoms with Crippen LogP contribution in [0.2, 0.25) is 5.02 Å². The summed E-state index contributed by atoms with van der Waals surface area (Å²) in [7, 11) is 7.24. The topological polar surface area (TPSA) is 325 Å². The number of anilines is 2.